The number of hydrogen-bond donors (Lipinski definition) is 1. The van der Waals surface area contributed by atoms with Crippen molar-refractivity contribution in [2.24, 2.45) is 4.99 Å². The molecular formula is C30H26N2O5S. The molecule has 1 aliphatic carbocycles. The Kier molecular flexibility index (Phi) is 6.04. The van der Waals surface area contributed by atoms with Crippen LogP contribution in [0.2, 0.25) is 0 Å². The molecular weight excluding hydrogens is 500 g/mol. The van der Waals surface area contributed by atoms with Crippen molar-refractivity contribution in [3.05, 3.63) is 108 Å². The van der Waals surface area contributed by atoms with E-state index in [-0.39, 0.29) is 17.4 Å². The second-order valence-corrected chi connectivity index (χ2v) is 10.2. The van der Waals surface area contributed by atoms with Gasteiger partial charge in [-0.2, -0.15) is 0 Å². The van der Waals surface area contributed by atoms with E-state index in [2.05, 4.69) is 18.2 Å². The lowest BCUT2D eigenvalue weighted by atomic mass is 9.83. The number of benzene rings is 3. The Bertz CT molecular complexity index is 1780. The van der Waals surface area contributed by atoms with Crippen molar-refractivity contribution in [1.29, 1.82) is 0 Å². The number of thiazole rings is 1. The van der Waals surface area contributed by atoms with Crippen molar-refractivity contribution in [2.75, 3.05) is 21.3 Å². The molecule has 0 saturated carbocycles. The molecule has 1 aromatic heterocycles. The summed E-state index contributed by atoms with van der Waals surface area (Å²) in [6, 6.07) is 18.9. The topological polar surface area (TPSA) is 82.3 Å². The maximum absolute atomic E-state index is 13.9. The second kappa shape index (κ2) is 9.54. The number of nitrogens with zero attached hydrogens (tertiary/aromatic N) is 2. The molecule has 7 nitrogen and oxygen atoms in total. The summed E-state index contributed by atoms with van der Waals surface area (Å²) in [5, 5.41) is 10.2. The van der Waals surface area contributed by atoms with E-state index in [4.69, 9.17) is 19.2 Å². The van der Waals surface area contributed by atoms with Crippen LogP contribution in [0.25, 0.3) is 11.8 Å². The molecule has 0 saturated heterocycles. The normalized spacial score (nSPS) is 16.3. The van der Waals surface area contributed by atoms with Gasteiger partial charge in [0.15, 0.2) is 27.8 Å². The first-order valence-corrected chi connectivity index (χ1v) is 13.1. The Morgan fingerprint density at radius 2 is 1.71 bits per heavy atom. The second-order valence-electron chi connectivity index (χ2n) is 9.16. The Morgan fingerprint density at radius 1 is 0.947 bits per heavy atom. The summed E-state index contributed by atoms with van der Waals surface area (Å²) in [7, 11) is 4.72. The molecule has 0 fully saturated rings. The Morgan fingerprint density at radius 3 is 2.47 bits per heavy atom. The number of rotatable bonds is 5. The average Bonchev–Trinajstić information content (AvgIpc) is 3.25. The minimum Gasteiger partial charge on any atom is -0.504 e. The highest BCUT2D eigenvalue weighted by atomic mass is 32.1. The molecule has 192 valence electrons. The molecule has 1 aliphatic heterocycles. The van der Waals surface area contributed by atoms with Gasteiger partial charge in [-0.15, -0.1) is 0 Å². The predicted octanol–water partition coefficient (Wildman–Crippen LogP) is 4.05. The van der Waals surface area contributed by atoms with Gasteiger partial charge >= 0.3 is 0 Å². The number of fused-ring (bicyclic) bond motifs is 3. The minimum absolute atomic E-state index is 0.0179. The summed E-state index contributed by atoms with van der Waals surface area (Å²) in [6.45, 7) is 0. The fourth-order valence-corrected chi connectivity index (χ4v) is 6.29. The van der Waals surface area contributed by atoms with Crippen LogP contribution < -0.4 is 29.1 Å². The van der Waals surface area contributed by atoms with E-state index >= 15 is 0 Å². The summed E-state index contributed by atoms with van der Waals surface area (Å²) in [6.07, 6.45) is 3.46. The quantitative estimate of drug-likeness (QED) is 0.424. The van der Waals surface area contributed by atoms with Crippen LogP contribution in [0.4, 0.5) is 0 Å². The number of ether oxygens (including phenoxy) is 3. The van der Waals surface area contributed by atoms with Gasteiger partial charge in [0.25, 0.3) is 5.56 Å². The summed E-state index contributed by atoms with van der Waals surface area (Å²) in [5.41, 5.74) is 5.91. The SMILES string of the molecule is COc1ccc(/C=c2/sc3n(c2=O)[C@@H](c2ccc(OC)c(OC)c2)C2=C(N=3)c3ccccc3CC2)cc1O. The van der Waals surface area contributed by atoms with E-state index in [0.717, 1.165) is 35.2 Å². The van der Waals surface area contributed by atoms with Crippen molar-refractivity contribution in [2.45, 2.75) is 18.9 Å². The maximum Gasteiger partial charge on any atom is 0.271 e. The third kappa shape index (κ3) is 3.88. The number of hydrogen-bond acceptors (Lipinski definition) is 7. The van der Waals surface area contributed by atoms with Gasteiger partial charge in [-0.25, -0.2) is 4.99 Å². The molecule has 0 unspecified atom stereocenters. The predicted molar refractivity (Wildman–Crippen MR) is 147 cm³/mol. The van der Waals surface area contributed by atoms with Gasteiger partial charge in [0.05, 0.1) is 37.6 Å². The minimum atomic E-state index is -0.333. The van der Waals surface area contributed by atoms with Gasteiger partial charge in [-0.1, -0.05) is 47.7 Å². The van der Waals surface area contributed by atoms with Gasteiger partial charge in [0, 0.05) is 5.56 Å². The highest BCUT2D eigenvalue weighted by Gasteiger charge is 2.33. The number of aryl methyl sites for hydroxylation is 1. The van der Waals surface area contributed by atoms with E-state index in [1.807, 2.05) is 30.3 Å². The lowest BCUT2D eigenvalue weighted by molar-refractivity contribution is 0.354. The van der Waals surface area contributed by atoms with Crippen LogP contribution in [0.15, 0.2) is 76.0 Å². The number of phenols is 1. The van der Waals surface area contributed by atoms with Crippen LogP contribution in [0.3, 0.4) is 0 Å². The first-order chi connectivity index (χ1) is 18.5. The number of phenolic OH excluding ortho intramolecular Hbond substituents is 1. The molecule has 38 heavy (non-hydrogen) atoms. The molecule has 1 N–H and O–H groups in total. The molecule has 8 heteroatoms. The van der Waals surface area contributed by atoms with Crippen molar-refractivity contribution in [3.8, 4) is 23.0 Å². The monoisotopic (exact) mass is 526 g/mol. The number of aromatic nitrogens is 1. The van der Waals surface area contributed by atoms with Gasteiger partial charge in [-0.05, 0) is 65.4 Å². The maximum atomic E-state index is 13.9. The van der Waals surface area contributed by atoms with E-state index < -0.39 is 0 Å². The number of allylic oxidation sites excluding steroid dienone is 1. The van der Waals surface area contributed by atoms with Crippen LogP contribution in [-0.2, 0) is 6.42 Å². The molecule has 2 aliphatic rings. The van der Waals surface area contributed by atoms with Crippen molar-refractivity contribution in [3.63, 3.8) is 0 Å². The zero-order chi connectivity index (χ0) is 26.4. The standard InChI is InChI=1S/C30H26N2O5S/c1-35-23-12-8-17(14-22(23)33)15-26-29(34)32-28(19-10-13-24(36-2)25(16-19)37-3)21-11-9-18-6-4-5-7-20(18)27(21)31-30(32)38-26/h4-8,10,12-16,28,33H,9,11H2,1-3H3/b26-15+/t28-/m0/s1. The molecule has 4 aromatic rings. The first-order valence-electron chi connectivity index (χ1n) is 12.2. The van der Waals surface area contributed by atoms with Crippen molar-refractivity contribution in [1.82, 2.24) is 4.57 Å². The van der Waals surface area contributed by atoms with E-state index in [1.54, 1.807) is 37.0 Å². The van der Waals surface area contributed by atoms with E-state index in [0.29, 0.717) is 32.1 Å². The third-order valence-electron chi connectivity index (χ3n) is 7.10. The fraction of sp³-hybridized carbons (Fsp3) is 0.200. The van der Waals surface area contributed by atoms with E-state index in [9.17, 15) is 9.90 Å². The summed E-state index contributed by atoms with van der Waals surface area (Å²) in [5.74, 6) is 1.63. The Balaban J connectivity index is 1.60. The van der Waals surface area contributed by atoms with Crippen LogP contribution in [0.1, 0.15) is 34.7 Å². The molecule has 0 spiro atoms. The summed E-state index contributed by atoms with van der Waals surface area (Å²) >= 11 is 1.34. The average molecular weight is 527 g/mol. The third-order valence-corrected chi connectivity index (χ3v) is 8.08. The van der Waals surface area contributed by atoms with Crippen molar-refractivity contribution >= 4 is 23.1 Å². The zero-order valence-corrected chi connectivity index (χ0v) is 22.0. The molecule has 0 amide bonds. The lowest BCUT2D eigenvalue weighted by Gasteiger charge is -2.31. The van der Waals surface area contributed by atoms with Gasteiger partial charge < -0.3 is 19.3 Å². The highest BCUT2D eigenvalue weighted by molar-refractivity contribution is 7.07. The zero-order valence-electron chi connectivity index (χ0n) is 21.2. The number of aromatic hydroxyl groups is 1. The van der Waals surface area contributed by atoms with Crippen LogP contribution >= 0.6 is 11.3 Å². The Hall–Kier alpha value is -4.30. The largest absolute Gasteiger partial charge is 0.504 e. The molecule has 6 rings (SSSR count). The van der Waals surface area contributed by atoms with Crippen molar-refractivity contribution < 1.29 is 19.3 Å². The van der Waals surface area contributed by atoms with Crippen LogP contribution in [0, 0.1) is 0 Å². The molecule has 0 bridgehead atoms. The molecule has 1 atom stereocenters. The van der Waals surface area contributed by atoms with E-state index in [1.165, 1.54) is 24.0 Å². The lowest BCUT2D eigenvalue weighted by Crippen LogP contribution is -2.38. The molecule has 0 radical (unpaired) electrons. The number of methoxy groups -OCH3 is 3. The van der Waals surface area contributed by atoms with Gasteiger partial charge in [0.1, 0.15) is 0 Å². The Labute approximate surface area is 223 Å². The van der Waals surface area contributed by atoms with Gasteiger partial charge in [0.2, 0.25) is 0 Å². The molecule has 3 aromatic carbocycles. The fourth-order valence-electron chi connectivity index (χ4n) is 5.29. The highest BCUT2D eigenvalue weighted by Crippen LogP contribution is 2.42. The van der Waals surface area contributed by atoms with Crippen LogP contribution in [0.5, 0.6) is 23.0 Å². The molecule has 2 heterocycles. The summed E-state index contributed by atoms with van der Waals surface area (Å²) < 4.78 is 18.5. The first kappa shape index (κ1) is 24.1. The summed E-state index contributed by atoms with van der Waals surface area (Å²) in [4.78, 5) is 19.6. The van der Waals surface area contributed by atoms with Crippen LogP contribution in [-0.4, -0.2) is 31.0 Å². The smallest absolute Gasteiger partial charge is 0.271 e. The van der Waals surface area contributed by atoms with Gasteiger partial charge in [-0.3, -0.25) is 9.36 Å².